The number of benzene rings is 1. The molecule has 1 atom stereocenters. The highest BCUT2D eigenvalue weighted by atomic mass is 79.9. The summed E-state index contributed by atoms with van der Waals surface area (Å²) in [5.41, 5.74) is -1.89. The molecule has 1 aromatic carbocycles. The Bertz CT molecular complexity index is 1150. The van der Waals surface area contributed by atoms with E-state index in [1.165, 1.54) is 11.0 Å². The summed E-state index contributed by atoms with van der Waals surface area (Å²) in [4.78, 5) is 39.5. The zero-order chi connectivity index (χ0) is 27.1. The molecular weight excluding hydrogens is 569 g/mol. The lowest BCUT2D eigenvalue weighted by Crippen LogP contribution is -2.56. The molecule has 0 saturated carbocycles. The molecule has 4 amide bonds. The van der Waals surface area contributed by atoms with Crippen LogP contribution in [0.5, 0.6) is 0 Å². The number of urea groups is 1. The Morgan fingerprint density at radius 1 is 1.08 bits per heavy atom. The van der Waals surface area contributed by atoms with Crippen molar-refractivity contribution in [2.75, 3.05) is 13.1 Å². The molecule has 3 rings (SSSR count). The van der Waals surface area contributed by atoms with Crippen LogP contribution in [-0.4, -0.2) is 66.8 Å². The topological polar surface area (TPSA) is 116 Å². The summed E-state index contributed by atoms with van der Waals surface area (Å²) in [7, 11) is -4.49. The van der Waals surface area contributed by atoms with Crippen molar-refractivity contribution in [2.24, 2.45) is 0 Å². The Labute approximate surface area is 215 Å². The lowest BCUT2D eigenvalue weighted by Gasteiger charge is -2.35. The molecule has 9 nitrogen and oxygen atoms in total. The number of hydrogen-bond donors (Lipinski definition) is 2. The maximum Gasteiger partial charge on any atom is 0.417 e. The highest BCUT2D eigenvalue weighted by Gasteiger charge is 2.44. The van der Waals surface area contributed by atoms with E-state index in [1.54, 1.807) is 20.8 Å². The molecule has 200 valence electrons. The fourth-order valence-electron chi connectivity index (χ4n) is 4.22. The second kappa shape index (κ2) is 10.3. The first-order valence-corrected chi connectivity index (χ1v) is 13.6. The second-order valence-electron chi connectivity index (χ2n) is 9.86. The van der Waals surface area contributed by atoms with Crippen LogP contribution < -0.4 is 10.0 Å². The van der Waals surface area contributed by atoms with E-state index < -0.39 is 62.1 Å². The van der Waals surface area contributed by atoms with Crippen molar-refractivity contribution in [3.8, 4) is 0 Å². The zero-order valence-corrected chi connectivity index (χ0v) is 22.4. The summed E-state index contributed by atoms with van der Waals surface area (Å²) < 4.78 is 68.2. The van der Waals surface area contributed by atoms with E-state index in [0.29, 0.717) is 6.07 Å². The molecule has 2 fully saturated rings. The van der Waals surface area contributed by atoms with Gasteiger partial charge in [0.15, 0.2) is 0 Å². The van der Waals surface area contributed by atoms with E-state index in [0.717, 1.165) is 11.0 Å². The third-order valence-corrected chi connectivity index (χ3v) is 7.93. The van der Waals surface area contributed by atoms with Crippen LogP contribution in [0.2, 0.25) is 0 Å². The van der Waals surface area contributed by atoms with Gasteiger partial charge >= 0.3 is 12.2 Å². The molecule has 0 aliphatic carbocycles. The summed E-state index contributed by atoms with van der Waals surface area (Å²) in [6.45, 7) is 5.50. The van der Waals surface area contributed by atoms with Gasteiger partial charge in [0.2, 0.25) is 21.8 Å². The molecule has 0 unspecified atom stereocenters. The van der Waals surface area contributed by atoms with Gasteiger partial charge in [0.05, 0.1) is 10.5 Å². The Kier molecular flexibility index (Phi) is 8.11. The number of sulfonamides is 1. The van der Waals surface area contributed by atoms with E-state index >= 15 is 0 Å². The predicted molar refractivity (Wildman–Crippen MR) is 127 cm³/mol. The Morgan fingerprint density at radius 3 is 2.25 bits per heavy atom. The standard InChI is InChI=1S/C22H28BrF3N4O5S/c1-21(2,3)27-20(33)30-16(5-7-18(30)31)19(32)29-10-8-14(9-11-29)28-36(34,35)17-6-4-13(23)12-15(17)22(24,25)26/h4,6,12,14,16,28H,5,7-11H2,1-3H3,(H,27,33)/t16-/m0/s1. The van der Waals surface area contributed by atoms with E-state index in [4.69, 9.17) is 0 Å². The third-order valence-electron chi connectivity index (χ3n) is 5.86. The van der Waals surface area contributed by atoms with Crippen LogP contribution in [0.1, 0.15) is 52.0 Å². The molecule has 1 aromatic rings. The number of halogens is 4. The summed E-state index contributed by atoms with van der Waals surface area (Å²) in [5, 5.41) is 2.68. The molecule has 2 saturated heterocycles. The normalized spacial score (nSPS) is 20.1. The van der Waals surface area contributed by atoms with Gasteiger partial charge in [-0.2, -0.15) is 13.2 Å². The number of imide groups is 1. The number of rotatable bonds is 4. The number of piperidine rings is 1. The van der Waals surface area contributed by atoms with E-state index in [9.17, 15) is 36.0 Å². The van der Waals surface area contributed by atoms with Crippen LogP contribution in [-0.2, 0) is 25.8 Å². The Morgan fingerprint density at radius 2 is 1.69 bits per heavy atom. The van der Waals surface area contributed by atoms with Gasteiger partial charge in [-0.3, -0.25) is 14.5 Å². The number of amides is 4. The number of carbonyl (C=O) groups excluding carboxylic acids is 3. The fourth-order valence-corrected chi connectivity index (χ4v) is 6.10. The molecule has 2 heterocycles. The van der Waals surface area contributed by atoms with Crippen molar-refractivity contribution in [3.63, 3.8) is 0 Å². The third kappa shape index (κ3) is 6.57. The Hall–Kier alpha value is -2.19. The number of likely N-dealkylation sites (tertiary alicyclic amines) is 2. The van der Waals surface area contributed by atoms with Crippen LogP contribution in [0.3, 0.4) is 0 Å². The van der Waals surface area contributed by atoms with E-state index in [2.05, 4.69) is 26.0 Å². The fraction of sp³-hybridized carbons (Fsp3) is 0.591. The van der Waals surface area contributed by atoms with Crippen molar-refractivity contribution < 1.29 is 36.0 Å². The van der Waals surface area contributed by atoms with Gasteiger partial charge in [-0.05, 0) is 58.2 Å². The highest BCUT2D eigenvalue weighted by Crippen LogP contribution is 2.36. The minimum Gasteiger partial charge on any atom is -0.341 e. The van der Waals surface area contributed by atoms with Gasteiger partial charge in [-0.15, -0.1) is 0 Å². The average molecular weight is 597 g/mol. The maximum atomic E-state index is 13.4. The molecule has 0 radical (unpaired) electrons. The summed E-state index contributed by atoms with van der Waals surface area (Å²) >= 11 is 2.93. The van der Waals surface area contributed by atoms with Gasteiger partial charge in [-0.1, -0.05) is 15.9 Å². The lowest BCUT2D eigenvalue weighted by molar-refractivity contribution is -0.140. The highest BCUT2D eigenvalue weighted by molar-refractivity contribution is 9.10. The molecule has 2 aliphatic rings. The van der Waals surface area contributed by atoms with E-state index in [-0.39, 0.29) is 43.2 Å². The minimum absolute atomic E-state index is 0.0545. The molecular formula is C22H28BrF3N4O5S. The molecule has 0 spiro atoms. The summed E-state index contributed by atoms with van der Waals surface area (Å²) in [5.74, 6) is -0.869. The number of carbonyl (C=O) groups is 3. The van der Waals surface area contributed by atoms with Crippen LogP contribution in [0.25, 0.3) is 0 Å². The Balaban J connectivity index is 1.66. The number of hydrogen-bond acceptors (Lipinski definition) is 5. The molecule has 2 N–H and O–H groups in total. The van der Waals surface area contributed by atoms with Gasteiger partial charge in [-0.25, -0.2) is 17.9 Å². The summed E-state index contributed by atoms with van der Waals surface area (Å²) in [6, 6.07) is 0.526. The first-order chi connectivity index (χ1) is 16.5. The minimum atomic E-state index is -4.87. The molecule has 2 aliphatic heterocycles. The van der Waals surface area contributed by atoms with E-state index in [1.807, 2.05) is 0 Å². The van der Waals surface area contributed by atoms with Crippen LogP contribution in [0.15, 0.2) is 27.6 Å². The monoisotopic (exact) mass is 596 g/mol. The quantitative estimate of drug-likeness (QED) is 0.553. The largest absolute Gasteiger partial charge is 0.417 e. The SMILES string of the molecule is CC(C)(C)NC(=O)N1C(=O)CC[C@H]1C(=O)N1CCC(NS(=O)(=O)c2ccc(Br)cc2C(F)(F)F)CC1. The van der Waals surface area contributed by atoms with Gasteiger partial charge in [0.1, 0.15) is 6.04 Å². The molecule has 0 bridgehead atoms. The van der Waals surface area contributed by atoms with Crippen LogP contribution in [0.4, 0.5) is 18.0 Å². The maximum absolute atomic E-state index is 13.4. The van der Waals surface area contributed by atoms with Gasteiger partial charge < -0.3 is 10.2 Å². The van der Waals surface area contributed by atoms with Crippen molar-refractivity contribution in [1.29, 1.82) is 0 Å². The number of nitrogens with zero attached hydrogens (tertiary/aromatic N) is 2. The summed E-state index contributed by atoms with van der Waals surface area (Å²) in [6.07, 6.45) is -4.30. The molecule has 0 aromatic heterocycles. The predicted octanol–water partition coefficient (Wildman–Crippen LogP) is 3.24. The molecule has 36 heavy (non-hydrogen) atoms. The average Bonchev–Trinajstić information content (AvgIpc) is 3.13. The second-order valence-corrected chi connectivity index (χ2v) is 12.5. The van der Waals surface area contributed by atoms with Crippen LogP contribution >= 0.6 is 15.9 Å². The van der Waals surface area contributed by atoms with Gasteiger partial charge in [0, 0.05) is 35.6 Å². The van der Waals surface area contributed by atoms with Crippen molar-refractivity contribution in [1.82, 2.24) is 19.8 Å². The number of nitrogens with one attached hydrogen (secondary N) is 2. The zero-order valence-electron chi connectivity index (χ0n) is 20.0. The van der Waals surface area contributed by atoms with Crippen molar-refractivity contribution in [3.05, 3.63) is 28.2 Å². The van der Waals surface area contributed by atoms with Gasteiger partial charge in [0.25, 0.3) is 0 Å². The number of alkyl halides is 3. The van der Waals surface area contributed by atoms with Crippen LogP contribution in [0, 0.1) is 0 Å². The lowest BCUT2D eigenvalue weighted by atomic mass is 10.0. The first-order valence-electron chi connectivity index (χ1n) is 11.3. The first kappa shape index (κ1) is 28.4. The van der Waals surface area contributed by atoms with Crippen molar-refractivity contribution in [2.45, 2.75) is 75.1 Å². The smallest absolute Gasteiger partial charge is 0.341 e. The van der Waals surface area contributed by atoms with Crippen molar-refractivity contribution >= 4 is 43.8 Å². The molecule has 14 heteroatoms.